The lowest BCUT2D eigenvalue weighted by molar-refractivity contribution is 0.0922. The fourth-order valence-electron chi connectivity index (χ4n) is 2.08. The van der Waals surface area contributed by atoms with E-state index in [-0.39, 0.29) is 24.4 Å². The summed E-state index contributed by atoms with van der Waals surface area (Å²) in [7, 11) is 1.92. The Morgan fingerprint density at radius 2 is 2.29 bits per heavy atom. The Morgan fingerprint density at radius 3 is 2.82 bits per heavy atom. The largest absolute Gasteiger partial charge is 0.347 e. The highest BCUT2D eigenvalue weighted by Crippen LogP contribution is 2.07. The van der Waals surface area contributed by atoms with E-state index < -0.39 is 0 Å². The minimum atomic E-state index is 0. The topological polar surface area (TPSA) is 46.1 Å². The molecule has 1 aromatic heterocycles. The van der Waals surface area contributed by atoms with Crippen LogP contribution in [-0.4, -0.2) is 29.6 Å². The molecule has 0 unspecified atom stereocenters. The number of amides is 1. The van der Waals surface area contributed by atoms with E-state index in [2.05, 4.69) is 10.6 Å². The number of halogens is 1. The molecule has 0 saturated carbocycles. The van der Waals surface area contributed by atoms with Crippen molar-refractivity contribution in [1.29, 1.82) is 0 Å². The predicted molar refractivity (Wildman–Crippen MR) is 70.8 cm³/mol. The second-order valence-corrected chi connectivity index (χ2v) is 4.44. The van der Waals surface area contributed by atoms with Crippen LogP contribution < -0.4 is 10.6 Å². The second kappa shape index (κ2) is 6.07. The molecule has 1 aliphatic heterocycles. The van der Waals surface area contributed by atoms with Crippen LogP contribution in [0.5, 0.6) is 0 Å². The molecular weight excluding hydrogens is 238 g/mol. The number of piperidine rings is 1. The smallest absolute Gasteiger partial charge is 0.268 e. The molecule has 1 atom stereocenters. The lowest BCUT2D eigenvalue weighted by atomic mass is 10.1. The highest BCUT2D eigenvalue weighted by Gasteiger charge is 2.17. The summed E-state index contributed by atoms with van der Waals surface area (Å²) in [6.07, 6.45) is 2.21. The van der Waals surface area contributed by atoms with Gasteiger partial charge < -0.3 is 15.2 Å². The second-order valence-electron chi connectivity index (χ2n) is 4.44. The molecule has 0 spiro atoms. The first-order valence-electron chi connectivity index (χ1n) is 5.82. The molecule has 17 heavy (non-hydrogen) atoms. The van der Waals surface area contributed by atoms with E-state index in [0.29, 0.717) is 0 Å². The average Bonchev–Trinajstić information content (AvgIpc) is 2.61. The zero-order valence-electron chi connectivity index (χ0n) is 10.3. The molecule has 1 aliphatic rings. The predicted octanol–water partition coefficient (Wildman–Crippen LogP) is 1.24. The molecule has 4 nitrogen and oxygen atoms in total. The zero-order valence-corrected chi connectivity index (χ0v) is 11.1. The normalized spacial score (nSPS) is 19.5. The van der Waals surface area contributed by atoms with Crippen LogP contribution in [0.4, 0.5) is 0 Å². The molecule has 96 valence electrons. The van der Waals surface area contributed by atoms with Crippen LogP contribution in [0.15, 0.2) is 12.1 Å². The van der Waals surface area contributed by atoms with Gasteiger partial charge in [-0.15, -0.1) is 12.4 Å². The van der Waals surface area contributed by atoms with Gasteiger partial charge in [-0.25, -0.2) is 0 Å². The van der Waals surface area contributed by atoms with Gasteiger partial charge in [0.15, 0.2) is 0 Å². The van der Waals surface area contributed by atoms with E-state index in [1.54, 1.807) is 0 Å². The Labute approximate surface area is 108 Å². The van der Waals surface area contributed by atoms with Gasteiger partial charge in [0.25, 0.3) is 5.91 Å². The molecule has 1 fully saturated rings. The Bertz CT molecular complexity index is 383. The van der Waals surface area contributed by atoms with Crippen molar-refractivity contribution in [2.24, 2.45) is 7.05 Å². The van der Waals surface area contributed by atoms with Crippen LogP contribution in [0.2, 0.25) is 0 Å². The highest BCUT2D eigenvalue weighted by molar-refractivity contribution is 5.93. The summed E-state index contributed by atoms with van der Waals surface area (Å²) in [4.78, 5) is 12.0. The van der Waals surface area contributed by atoms with Crippen molar-refractivity contribution in [2.45, 2.75) is 25.8 Å². The quantitative estimate of drug-likeness (QED) is 0.837. The molecule has 0 radical (unpaired) electrons. The lowest BCUT2D eigenvalue weighted by Crippen LogP contribution is -2.45. The van der Waals surface area contributed by atoms with Crippen molar-refractivity contribution in [3.63, 3.8) is 0 Å². The summed E-state index contributed by atoms with van der Waals surface area (Å²) in [5.41, 5.74) is 1.84. The molecule has 1 aromatic rings. The number of nitrogens with zero attached hydrogens (tertiary/aromatic N) is 1. The number of aromatic nitrogens is 1. The number of hydrogen-bond donors (Lipinski definition) is 2. The van der Waals surface area contributed by atoms with Gasteiger partial charge in [0.1, 0.15) is 5.69 Å². The van der Waals surface area contributed by atoms with Gasteiger partial charge in [-0.2, -0.15) is 0 Å². The number of carbonyl (C=O) groups excluding carboxylic acids is 1. The Hall–Kier alpha value is -1.00. The number of rotatable bonds is 2. The molecule has 0 bridgehead atoms. The minimum Gasteiger partial charge on any atom is -0.347 e. The van der Waals surface area contributed by atoms with Crippen LogP contribution in [0.25, 0.3) is 0 Å². The van der Waals surface area contributed by atoms with Gasteiger partial charge in [0.05, 0.1) is 0 Å². The van der Waals surface area contributed by atoms with Crippen molar-refractivity contribution in [3.8, 4) is 0 Å². The summed E-state index contributed by atoms with van der Waals surface area (Å²) in [5, 5.41) is 6.36. The molecule has 2 N–H and O–H groups in total. The zero-order chi connectivity index (χ0) is 11.5. The maximum absolute atomic E-state index is 12.0. The van der Waals surface area contributed by atoms with Gasteiger partial charge in [0.2, 0.25) is 0 Å². The average molecular weight is 258 g/mol. The van der Waals surface area contributed by atoms with Crippen molar-refractivity contribution in [3.05, 3.63) is 23.5 Å². The number of carbonyl (C=O) groups is 1. The third kappa shape index (κ3) is 3.23. The van der Waals surface area contributed by atoms with E-state index in [1.807, 2.05) is 30.7 Å². The van der Waals surface area contributed by atoms with Gasteiger partial charge in [0, 0.05) is 25.3 Å². The minimum absolute atomic E-state index is 0. The van der Waals surface area contributed by atoms with Crippen molar-refractivity contribution in [2.75, 3.05) is 13.1 Å². The molecule has 1 saturated heterocycles. The maximum Gasteiger partial charge on any atom is 0.268 e. The van der Waals surface area contributed by atoms with Gasteiger partial charge >= 0.3 is 0 Å². The standard InChI is InChI=1S/C12H19N3O.ClH/c1-9-5-6-11(15(9)2)12(16)14-10-4-3-7-13-8-10;/h5-6,10,13H,3-4,7-8H2,1-2H3,(H,14,16);1H/t10-;/m1./s1. The highest BCUT2D eigenvalue weighted by atomic mass is 35.5. The monoisotopic (exact) mass is 257 g/mol. The SMILES string of the molecule is Cc1ccc(C(=O)N[C@@H]2CCCNC2)n1C.Cl. The van der Waals surface area contributed by atoms with Crippen LogP contribution in [0, 0.1) is 6.92 Å². The van der Waals surface area contributed by atoms with Gasteiger partial charge in [-0.05, 0) is 38.4 Å². The summed E-state index contributed by atoms with van der Waals surface area (Å²) in [5.74, 6) is 0.0318. The summed E-state index contributed by atoms with van der Waals surface area (Å²) >= 11 is 0. The number of nitrogens with one attached hydrogen (secondary N) is 2. The van der Waals surface area contributed by atoms with Crippen molar-refractivity contribution < 1.29 is 4.79 Å². The number of aryl methyl sites for hydroxylation is 1. The first-order valence-corrected chi connectivity index (χ1v) is 5.82. The third-order valence-corrected chi connectivity index (χ3v) is 3.24. The van der Waals surface area contributed by atoms with E-state index in [0.717, 1.165) is 37.3 Å². The number of hydrogen-bond acceptors (Lipinski definition) is 2. The Kier molecular flexibility index (Phi) is 5.02. The summed E-state index contributed by atoms with van der Waals surface area (Å²) in [6, 6.07) is 4.12. The first-order chi connectivity index (χ1) is 7.68. The third-order valence-electron chi connectivity index (χ3n) is 3.24. The molecule has 1 amide bonds. The fraction of sp³-hybridized carbons (Fsp3) is 0.583. The van der Waals surface area contributed by atoms with E-state index in [4.69, 9.17) is 0 Å². The van der Waals surface area contributed by atoms with Crippen molar-refractivity contribution >= 4 is 18.3 Å². The molecular formula is C12H20ClN3O. The van der Waals surface area contributed by atoms with Gasteiger partial charge in [-0.1, -0.05) is 0 Å². The summed E-state index contributed by atoms with van der Waals surface area (Å²) in [6.45, 7) is 3.95. The van der Waals surface area contributed by atoms with E-state index in [1.165, 1.54) is 0 Å². The maximum atomic E-state index is 12.0. The molecule has 2 heterocycles. The van der Waals surface area contributed by atoms with E-state index >= 15 is 0 Å². The molecule has 5 heteroatoms. The van der Waals surface area contributed by atoms with Crippen molar-refractivity contribution in [1.82, 2.24) is 15.2 Å². The van der Waals surface area contributed by atoms with Crippen LogP contribution in [-0.2, 0) is 7.05 Å². The van der Waals surface area contributed by atoms with Gasteiger partial charge in [-0.3, -0.25) is 4.79 Å². The van der Waals surface area contributed by atoms with Crippen LogP contribution in [0.1, 0.15) is 29.0 Å². The van der Waals surface area contributed by atoms with Crippen LogP contribution in [0.3, 0.4) is 0 Å². The van der Waals surface area contributed by atoms with E-state index in [9.17, 15) is 4.79 Å². The molecule has 0 aliphatic carbocycles. The van der Waals surface area contributed by atoms with Crippen LogP contribution >= 0.6 is 12.4 Å². The molecule has 2 rings (SSSR count). The lowest BCUT2D eigenvalue weighted by Gasteiger charge is -2.23. The fourth-order valence-corrected chi connectivity index (χ4v) is 2.08. The molecule has 0 aromatic carbocycles. The summed E-state index contributed by atoms with van der Waals surface area (Å²) < 4.78 is 1.92. The Balaban J connectivity index is 0.00000144. The Morgan fingerprint density at radius 1 is 1.53 bits per heavy atom. The first kappa shape index (κ1) is 14.1.